The van der Waals surface area contributed by atoms with Crippen LogP contribution in [0.3, 0.4) is 0 Å². The van der Waals surface area contributed by atoms with Gasteiger partial charge in [-0.25, -0.2) is 9.37 Å². The summed E-state index contributed by atoms with van der Waals surface area (Å²) in [6.07, 6.45) is 0. The Bertz CT molecular complexity index is 902. The summed E-state index contributed by atoms with van der Waals surface area (Å²) in [5.41, 5.74) is 2.85. The highest BCUT2D eigenvalue weighted by Gasteiger charge is 2.16. The first-order valence-electron chi connectivity index (χ1n) is 7.37. The number of hydrogen-bond acceptors (Lipinski definition) is 5. The van der Waals surface area contributed by atoms with E-state index in [0.717, 1.165) is 0 Å². The SMILES string of the molecule is CC(=O)NCc1ccc(C(=O)Nc2scnc2-c2ccc(F)cc2)o1. The molecule has 2 heterocycles. The van der Waals surface area contributed by atoms with Crippen LogP contribution in [-0.2, 0) is 11.3 Å². The number of halogens is 1. The third-order valence-corrected chi connectivity index (χ3v) is 4.05. The van der Waals surface area contributed by atoms with E-state index in [0.29, 0.717) is 22.0 Å². The quantitative estimate of drug-likeness (QED) is 0.731. The largest absolute Gasteiger partial charge is 0.454 e. The molecule has 128 valence electrons. The molecule has 3 rings (SSSR count). The normalized spacial score (nSPS) is 10.5. The number of benzene rings is 1. The number of nitrogens with one attached hydrogen (secondary N) is 2. The van der Waals surface area contributed by atoms with Crippen LogP contribution in [0, 0.1) is 5.82 Å². The van der Waals surface area contributed by atoms with Gasteiger partial charge in [-0.15, -0.1) is 11.3 Å². The van der Waals surface area contributed by atoms with Crippen molar-refractivity contribution < 1.29 is 18.4 Å². The van der Waals surface area contributed by atoms with Crippen molar-refractivity contribution >= 4 is 28.2 Å². The summed E-state index contributed by atoms with van der Waals surface area (Å²) in [5.74, 6) is -0.355. The maximum absolute atomic E-state index is 13.0. The van der Waals surface area contributed by atoms with Gasteiger partial charge in [-0.1, -0.05) is 0 Å². The Balaban J connectivity index is 1.73. The smallest absolute Gasteiger partial charge is 0.292 e. The minimum Gasteiger partial charge on any atom is -0.454 e. The molecule has 0 aliphatic rings. The molecule has 0 atom stereocenters. The van der Waals surface area contributed by atoms with Crippen LogP contribution in [0.1, 0.15) is 23.2 Å². The minimum absolute atomic E-state index is 0.124. The highest BCUT2D eigenvalue weighted by molar-refractivity contribution is 7.14. The molecule has 6 nitrogen and oxygen atoms in total. The van der Waals surface area contributed by atoms with E-state index in [9.17, 15) is 14.0 Å². The first-order valence-corrected chi connectivity index (χ1v) is 8.25. The predicted molar refractivity (Wildman–Crippen MR) is 91.7 cm³/mol. The Morgan fingerprint density at radius 3 is 2.68 bits per heavy atom. The van der Waals surface area contributed by atoms with Crippen LogP contribution < -0.4 is 10.6 Å². The second-order valence-electron chi connectivity index (χ2n) is 5.17. The number of amides is 2. The zero-order valence-electron chi connectivity index (χ0n) is 13.2. The Morgan fingerprint density at radius 2 is 1.96 bits per heavy atom. The van der Waals surface area contributed by atoms with Gasteiger partial charge in [-0.2, -0.15) is 0 Å². The lowest BCUT2D eigenvalue weighted by molar-refractivity contribution is -0.119. The maximum Gasteiger partial charge on any atom is 0.292 e. The molecule has 0 spiro atoms. The average molecular weight is 359 g/mol. The van der Waals surface area contributed by atoms with Crippen molar-refractivity contribution in [3.8, 4) is 11.3 Å². The molecule has 0 fully saturated rings. The van der Waals surface area contributed by atoms with Crippen molar-refractivity contribution in [2.75, 3.05) is 5.32 Å². The number of rotatable bonds is 5. The number of furan rings is 1. The van der Waals surface area contributed by atoms with Gasteiger partial charge in [-0.3, -0.25) is 9.59 Å². The molecular formula is C17H14FN3O3S. The molecule has 3 aromatic rings. The third kappa shape index (κ3) is 4.10. The predicted octanol–water partition coefficient (Wildman–Crippen LogP) is 3.43. The minimum atomic E-state index is -0.429. The summed E-state index contributed by atoms with van der Waals surface area (Å²) in [5, 5.41) is 5.87. The van der Waals surface area contributed by atoms with Gasteiger partial charge >= 0.3 is 0 Å². The fourth-order valence-corrected chi connectivity index (χ4v) is 2.82. The molecule has 0 bridgehead atoms. The number of thiazole rings is 1. The topological polar surface area (TPSA) is 84.2 Å². The van der Waals surface area contributed by atoms with Crippen molar-refractivity contribution in [1.29, 1.82) is 0 Å². The number of aromatic nitrogens is 1. The fraction of sp³-hybridized carbons (Fsp3) is 0.118. The summed E-state index contributed by atoms with van der Waals surface area (Å²) in [6.45, 7) is 1.61. The second-order valence-corrected chi connectivity index (χ2v) is 6.02. The summed E-state index contributed by atoms with van der Waals surface area (Å²) >= 11 is 1.26. The number of hydrogen-bond donors (Lipinski definition) is 2. The van der Waals surface area contributed by atoms with E-state index in [4.69, 9.17) is 4.42 Å². The second kappa shape index (κ2) is 7.27. The van der Waals surface area contributed by atoms with Gasteiger partial charge < -0.3 is 15.1 Å². The van der Waals surface area contributed by atoms with Crippen molar-refractivity contribution in [3.63, 3.8) is 0 Å². The molecule has 25 heavy (non-hydrogen) atoms. The van der Waals surface area contributed by atoms with Crippen LogP contribution in [0.4, 0.5) is 9.39 Å². The lowest BCUT2D eigenvalue weighted by Crippen LogP contribution is -2.18. The average Bonchev–Trinajstić information content (AvgIpc) is 3.23. The Hall–Kier alpha value is -3.00. The van der Waals surface area contributed by atoms with Crippen LogP contribution in [-0.4, -0.2) is 16.8 Å². The molecule has 0 aliphatic carbocycles. The molecule has 8 heteroatoms. The van der Waals surface area contributed by atoms with Crippen molar-refractivity contribution in [2.24, 2.45) is 0 Å². The number of carbonyl (C=O) groups is 2. The molecule has 0 aliphatic heterocycles. The van der Waals surface area contributed by atoms with Crippen LogP contribution in [0.5, 0.6) is 0 Å². The third-order valence-electron chi connectivity index (χ3n) is 3.31. The molecule has 2 amide bonds. The van der Waals surface area contributed by atoms with Gasteiger partial charge in [0.1, 0.15) is 22.3 Å². The lowest BCUT2D eigenvalue weighted by atomic mass is 10.1. The molecule has 0 saturated heterocycles. The van der Waals surface area contributed by atoms with Gasteiger partial charge in [0.05, 0.1) is 12.1 Å². The van der Waals surface area contributed by atoms with Crippen molar-refractivity contribution in [2.45, 2.75) is 13.5 Å². The van der Waals surface area contributed by atoms with Crippen LogP contribution >= 0.6 is 11.3 Å². The van der Waals surface area contributed by atoms with Gasteiger partial charge in [0.25, 0.3) is 5.91 Å². The summed E-state index contributed by atoms with van der Waals surface area (Å²) < 4.78 is 18.5. The van der Waals surface area contributed by atoms with E-state index >= 15 is 0 Å². The molecule has 0 radical (unpaired) electrons. The Kier molecular flexibility index (Phi) is 4.90. The zero-order valence-corrected chi connectivity index (χ0v) is 14.0. The van der Waals surface area contributed by atoms with Crippen LogP contribution in [0.15, 0.2) is 46.3 Å². The van der Waals surface area contributed by atoms with Gasteiger partial charge in [0, 0.05) is 12.5 Å². The number of carbonyl (C=O) groups excluding carboxylic acids is 2. The molecule has 1 aromatic carbocycles. The Morgan fingerprint density at radius 1 is 1.20 bits per heavy atom. The van der Waals surface area contributed by atoms with E-state index < -0.39 is 5.91 Å². The monoisotopic (exact) mass is 359 g/mol. The molecule has 0 unspecified atom stereocenters. The molecular weight excluding hydrogens is 345 g/mol. The van der Waals surface area contributed by atoms with Gasteiger partial charge in [0.15, 0.2) is 5.76 Å². The van der Waals surface area contributed by atoms with Gasteiger partial charge in [-0.05, 0) is 36.4 Å². The van der Waals surface area contributed by atoms with Gasteiger partial charge in [0.2, 0.25) is 5.91 Å². The number of anilines is 1. The van der Waals surface area contributed by atoms with E-state index in [1.807, 2.05) is 0 Å². The van der Waals surface area contributed by atoms with Crippen molar-refractivity contribution in [1.82, 2.24) is 10.3 Å². The Labute approximate surface area is 146 Å². The highest BCUT2D eigenvalue weighted by atomic mass is 32.1. The molecule has 0 saturated carbocycles. The van der Waals surface area contributed by atoms with E-state index in [1.54, 1.807) is 23.7 Å². The summed E-state index contributed by atoms with van der Waals surface area (Å²) in [4.78, 5) is 27.4. The standard InChI is InChI=1S/C17H14FN3O3S/c1-10(22)19-8-13-6-7-14(24-13)16(23)21-17-15(20-9-25-17)11-2-4-12(18)5-3-11/h2-7,9H,8H2,1H3,(H,19,22)(H,21,23). The zero-order chi connectivity index (χ0) is 17.8. The molecule has 2 N–H and O–H groups in total. The van der Waals surface area contributed by atoms with Crippen LogP contribution in [0.25, 0.3) is 11.3 Å². The van der Waals surface area contributed by atoms with Crippen molar-refractivity contribution in [3.05, 3.63) is 59.2 Å². The lowest BCUT2D eigenvalue weighted by Gasteiger charge is -2.04. The van der Waals surface area contributed by atoms with E-state index in [2.05, 4.69) is 15.6 Å². The van der Waals surface area contributed by atoms with E-state index in [-0.39, 0.29) is 24.0 Å². The first-order chi connectivity index (χ1) is 12.0. The first kappa shape index (κ1) is 16.8. The van der Waals surface area contributed by atoms with E-state index in [1.165, 1.54) is 36.5 Å². The summed E-state index contributed by atoms with van der Waals surface area (Å²) in [7, 11) is 0. The van der Waals surface area contributed by atoms with Crippen LogP contribution in [0.2, 0.25) is 0 Å². The fourth-order valence-electron chi connectivity index (χ4n) is 2.12. The summed E-state index contributed by atoms with van der Waals surface area (Å²) in [6, 6.07) is 9.02. The number of nitrogens with zero attached hydrogens (tertiary/aromatic N) is 1. The molecule has 2 aromatic heterocycles. The maximum atomic E-state index is 13.0. The highest BCUT2D eigenvalue weighted by Crippen LogP contribution is 2.31.